The van der Waals surface area contributed by atoms with Gasteiger partial charge in [0.05, 0.1) is 6.10 Å². The predicted molar refractivity (Wildman–Crippen MR) is 96.8 cm³/mol. The number of carbonyl (C=O) groups excluding carboxylic acids is 2. The van der Waals surface area contributed by atoms with Crippen LogP contribution in [0.3, 0.4) is 0 Å². The minimum absolute atomic E-state index is 0.0750. The van der Waals surface area contributed by atoms with Crippen molar-refractivity contribution in [2.24, 2.45) is 11.1 Å². The topological polar surface area (TPSA) is 96.1 Å². The van der Waals surface area contributed by atoms with Crippen molar-refractivity contribution < 1.29 is 19.4 Å². The summed E-state index contributed by atoms with van der Waals surface area (Å²) in [5, 5.41) is 10.6. The number of amides is 2. The smallest absolute Gasteiger partial charge is 0.255 e. The van der Waals surface area contributed by atoms with E-state index in [2.05, 4.69) is 11.9 Å². The molecule has 1 aromatic rings. The number of aliphatic hydroxyl groups excluding tert-OH is 1. The van der Waals surface area contributed by atoms with Gasteiger partial charge in [0.1, 0.15) is 5.75 Å². The maximum atomic E-state index is 13.0. The molecular formula is C19H27N3O4. The number of hydrogen-bond acceptors (Lipinski definition) is 5. The number of likely N-dealkylation sites (tertiary alicyclic amines) is 2. The van der Waals surface area contributed by atoms with Crippen LogP contribution in [0.4, 0.5) is 0 Å². The molecule has 2 aliphatic rings. The van der Waals surface area contributed by atoms with Crippen LogP contribution in [0.1, 0.15) is 29.6 Å². The van der Waals surface area contributed by atoms with Crippen LogP contribution in [0.25, 0.3) is 0 Å². The Morgan fingerprint density at radius 3 is 2.92 bits per heavy atom. The van der Waals surface area contributed by atoms with Crippen LogP contribution in [-0.2, 0) is 4.79 Å². The normalized spacial score (nSPS) is 26.7. The van der Waals surface area contributed by atoms with Crippen molar-refractivity contribution in [1.82, 2.24) is 9.80 Å². The fraction of sp³-hybridized carbons (Fsp3) is 0.579. The molecule has 2 heterocycles. The Morgan fingerprint density at radius 1 is 1.35 bits per heavy atom. The zero-order valence-electron chi connectivity index (χ0n) is 15.2. The maximum Gasteiger partial charge on any atom is 0.255 e. The van der Waals surface area contributed by atoms with Gasteiger partial charge in [0.15, 0.2) is 6.61 Å². The van der Waals surface area contributed by atoms with Gasteiger partial charge < -0.3 is 25.4 Å². The van der Waals surface area contributed by atoms with Gasteiger partial charge in [0, 0.05) is 37.2 Å². The van der Waals surface area contributed by atoms with Gasteiger partial charge in [-0.25, -0.2) is 0 Å². The van der Waals surface area contributed by atoms with E-state index in [1.807, 2.05) is 4.90 Å². The van der Waals surface area contributed by atoms with Crippen LogP contribution in [-0.4, -0.2) is 72.7 Å². The number of carbonyl (C=O) groups is 2. The quantitative estimate of drug-likeness (QED) is 0.813. The Bertz CT molecular complexity index is 681. The van der Waals surface area contributed by atoms with Crippen LogP contribution in [0.15, 0.2) is 24.3 Å². The zero-order chi connectivity index (χ0) is 18.7. The van der Waals surface area contributed by atoms with Gasteiger partial charge in [-0.1, -0.05) is 6.07 Å². The highest BCUT2D eigenvalue weighted by molar-refractivity contribution is 5.94. The molecule has 0 aromatic heterocycles. The molecular weight excluding hydrogens is 334 g/mol. The van der Waals surface area contributed by atoms with Crippen LogP contribution in [0.5, 0.6) is 5.75 Å². The van der Waals surface area contributed by atoms with Gasteiger partial charge >= 0.3 is 0 Å². The molecule has 3 rings (SSSR count). The lowest BCUT2D eigenvalue weighted by atomic mass is 9.71. The molecule has 7 nitrogen and oxygen atoms in total. The largest absolute Gasteiger partial charge is 0.484 e. The van der Waals surface area contributed by atoms with Crippen molar-refractivity contribution in [1.29, 1.82) is 0 Å². The molecule has 7 heteroatoms. The minimum atomic E-state index is -0.560. The van der Waals surface area contributed by atoms with Gasteiger partial charge in [-0.3, -0.25) is 9.59 Å². The summed E-state index contributed by atoms with van der Waals surface area (Å²) in [6, 6.07) is 6.80. The second kappa shape index (κ2) is 7.63. The number of ether oxygens (including phenoxy) is 1. The maximum absolute atomic E-state index is 13.0. The van der Waals surface area contributed by atoms with Crippen molar-refractivity contribution in [3.05, 3.63) is 29.8 Å². The molecule has 0 aliphatic carbocycles. The first-order chi connectivity index (χ1) is 12.4. The Balaban J connectivity index is 1.73. The third-order valence-corrected chi connectivity index (χ3v) is 5.43. The molecule has 2 amide bonds. The Morgan fingerprint density at radius 2 is 2.15 bits per heavy atom. The number of primary amides is 1. The van der Waals surface area contributed by atoms with E-state index >= 15 is 0 Å². The lowest BCUT2D eigenvalue weighted by molar-refractivity contribution is -0.119. The molecule has 2 aliphatic heterocycles. The highest BCUT2D eigenvalue weighted by Gasteiger charge is 2.45. The van der Waals surface area contributed by atoms with E-state index in [1.165, 1.54) is 0 Å². The average molecular weight is 361 g/mol. The Labute approximate surface area is 153 Å². The van der Waals surface area contributed by atoms with E-state index in [-0.39, 0.29) is 24.0 Å². The molecule has 142 valence electrons. The number of aliphatic hydroxyl groups is 1. The summed E-state index contributed by atoms with van der Waals surface area (Å²) < 4.78 is 5.29. The predicted octanol–water partition coefficient (Wildman–Crippen LogP) is 0.470. The van der Waals surface area contributed by atoms with Crippen molar-refractivity contribution in [3.63, 3.8) is 0 Å². The first-order valence-electron chi connectivity index (χ1n) is 9.07. The summed E-state index contributed by atoms with van der Waals surface area (Å²) >= 11 is 0. The van der Waals surface area contributed by atoms with Gasteiger partial charge in [0.2, 0.25) is 0 Å². The van der Waals surface area contributed by atoms with Crippen LogP contribution < -0.4 is 10.5 Å². The molecule has 2 fully saturated rings. The number of piperidine rings is 2. The van der Waals surface area contributed by atoms with Gasteiger partial charge in [0.25, 0.3) is 11.8 Å². The molecule has 26 heavy (non-hydrogen) atoms. The van der Waals surface area contributed by atoms with Gasteiger partial charge in [-0.2, -0.15) is 0 Å². The van der Waals surface area contributed by atoms with E-state index < -0.39 is 5.91 Å². The SMILES string of the molecule is CN1CC[C@H](O)[C@@]2(CCCN(C(=O)c3cccc(OCC(N)=O)c3)C2)C1. The number of benzene rings is 1. The van der Waals surface area contributed by atoms with E-state index in [0.717, 1.165) is 32.4 Å². The second-order valence-corrected chi connectivity index (χ2v) is 7.52. The molecule has 2 saturated heterocycles. The lowest BCUT2D eigenvalue weighted by Gasteiger charge is -2.50. The van der Waals surface area contributed by atoms with Gasteiger partial charge in [-0.15, -0.1) is 0 Å². The third kappa shape index (κ3) is 3.99. The highest BCUT2D eigenvalue weighted by atomic mass is 16.5. The average Bonchev–Trinajstić information content (AvgIpc) is 2.63. The standard InChI is InChI=1S/C19H27N3O4/c1-21-9-6-16(23)19(12-21)7-3-8-22(13-19)18(25)14-4-2-5-15(10-14)26-11-17(20)24/h2,4-5,10,16,23H,3,6-9,11-13H2,1H3,(H2,20,24)/t16-,19-/m0/s1. The summed E-state index contributed by atoms with van der Waals surface area (Å²) in [4.78, 5) is 27.9. The minimum Gasteiger partial charge on any atom is -0.484 e. The van der Waals surface area contributed by atoms with Crippen LogP contribution >= 0.6 is 0 Å². The number of nitrogens with zero attached hydrogens (tertiary/aromatic N) is 2. The Hall–Kier alpha value is -2.12. The monoisotopic (exact) mass is 361 g/mol. The zero-order valence-corrected chi connectivity index (χ0v) is 15.2. The van der Waals surface area contributed by atoms with Crippen molar-refractivity contribution in [2.75, 3.05) is 39.8 Å². The van der Waals surface area contributed by atoms with E-state index in [4.69, 9.17) is 10.5 Å². The number of rotatable bonds is 4. The molecule has 0 unspecified atom stereocenters. The molecule has 2 atom stereocenters. The van der Waals surface area contributed by atoms with E-state index in [9.17, 15) is 14.7 Å². The van der Waals surface area contributed by atoms with Crippen molar-refractivity contribution >= 4 is 11.8 Å². The summed E-state index contributed by atoms with van der Waals surface area (Å²) in [6.07, 6.45) is 2.19. The second-order valence-electron chi connectivity index (χ2n) is 7.52. The van der Waals surface area contributed by atoms with E-state index in [1.54, 1.807) is 24.3 Å². The lowest BCUT2D eigenvalue weighted by Crippen LogP contribution is -2.59. The first-order valence-corrected chi connectivity index (χ1v) is 9.07. The van der Waals surface area contributed by atoms with E-state index in [0.29, 0.717) is 24.4 Å². The fourth-order valence-corrected chi connectivity index (χ4v) is 4.16. The summed E-state index contributed by atoms with van der Waals surface area (Å²) in [7, 11) is 2.06. The molecule has 3 N–H and O–H groups in total. The number of hydrogen-bond donors (Lipinski definition) is 2. The first kappa shape index (κ1) is 18.7. The Kier molecular flexibility index (Phi) is 5.48. The van der Waals surface area contributed by atoms with Crippen LogP contribution in [0, 0.1) is 5.41 Å². The van der Waals surface area contributed by atoms with Crippen molar-refractivity contribution in [3.8, 4) is 5.75 Å². The fourth-order valence-electron chi connectivity index (χ4n) is 4.16. The number of nitrogens with two attached hydrogens (primary N) is 1. The van der Waals surface area contributed by atoms with Crippen molar-refractivity contribution in [2.45, 2.75) is 25.4 Å². The molecule has 1 spiro atoms. The summed E-state index contributed by atoms with van der Waals surface area (Å²) in [5.74, 6) is -0.192. The molecule has 0 radical (unpaired) electrons. The molecule has 0 saturated carbocycles. The summed E-state index contributed by atoms with van der Waals surface area (Å²) in [5.41, 5.74) is 5.36. The third-order valence-electron chi connectivity index (χ3n) is 5.43. The van der Waals surface area contributed by atoms with Gasteiger partial charge in [-0.05, 0) is 44.5 Å². The highest BCUT2D eigenvalue weighted by Crippen LogP contribution is 2.38. The molecule has 0 bridgehead atoms. The van der Waals surface area contributed by atoms with Crippen LogP contribution in [0.2, 0.25) is 0 Å². The summed E-state index contributed by atoms with van der Waals surface area (Å²) in [6.45, 7) is 2.71. The molecule has 1 aromatic carbocycles.